The Hall–Kier alpha value is -1.80. The van der Waals surface area contributed by atoms with E-state index in [2.05, 4.69) is 20.3 Å². The number of aromatic nitrogens is 4. The van der Waals surface area contributed by atoms with E-state index in [4.69, 9.17) is 4.52 Å². The zero-order chi connectivity index (χ0) is 13.9. The highest BCUT2D eigenvalue weighted by molar-refractivity contribution is 8.00. The fraction of sp³-hybridized carbons (Fsp3) is 0.167. The first-order chi connectivity index (χ1) is 9.72. The van der Waals surface area contributed by atoms with Gasteiger partial charge in [-0.3, -0.25) is 0 Å². The number of benzene rings is 1. The van der Waals surface area contributed by atoms with Gasteiger partial charge < -0.3 is 4.52 Å². The molecule has 0 atom stereocenters. The van der Waals surface area contributed by atoms with Gasteiger partial charge in [0.25, 0.3) is 0 Å². The van der Waals surface area contributed by atoms with Gasteiger partial charge in [-0.25, -0.2) is 4.39 Å². The molecular weight excluding hydrogens is 299 g/mol. The van der Waals surface area contributed by atoms with Crippen LogP contribution >= 0.6 is 23.1 Å². The summed E-state index contributed by atoms with van der Waals surface area (Å²) in [6, 6.07) is 4.86. The topological polar surface area (TPSA) is 64.7 Å². The zero-order valence-corrected chi connectivity index (χ0v) is 12.0. The quantitative estimate of drug-likeness (QED) is 0.689. The summed E-state index contributed by atoms with van der Waals surface area (Å²) in [7, 11) is 0. The molecule has 0 spiro atoms. The molecule has 3 rings (SSSR count). The van der Waals surface area contributed by atoms with Crippen molar-refractivity contribution in [1.29, 1.82) is 0 Å². The van der Waals surface area contributed by atoms with Gasteiger partial charge in [0.05, 0.1) is 5.75 Å². The summed E-state index contributed by atoms with van der Waals surface area (Å²) in [4.78, 5) is 4.24. The fourth-order valence-corrected chi connectivity index (χ4v) is 2.84. The Bertz CT molecular complexity index is 714. The van der Waals surface area contributed by atoms with E-state index >= 15 is 0 Å². The predicted octanol–water partition coefficient (Wildman–Crippen LogP) is 3.33. The minimum absolute atomic E-state index is 0.280. The average Bonchev–Trinajstić information content (AvgIpc) is 3.10. The van der Waals surface area contributed by atoms with Crippen LogP contribution in [-0.4, -0.2) is 20.3 Å². The second kappa shape index (κ2) is 5.68. The van der Waals surface area contributed by atoms with Crippen LogP contribution in [0, 0.1) is 12.7 Å². The second-order valence-electron chi connectivity index (χ2n) is 3.97. The average molecular weight is 308 g/mol. The first-order valence-corrected chi connectivity index (χ1v) is 7.57. The Labute approximate surface area is 122 Å². The van der Waals surface area contributed by atoms with E-state index in [1.165, 1.54) is 29.2 Å². The number of rotatable bonds is 4. The van der Waals surface area contributed by atoms with Gasteiger partial charge in [0.15, 0.2) is 4.34 Å². The number of hydrogen-bond acceptors (Lipinski definition) is 7. The van der Waals surface area contributed by atoms with Gasteiger partial charge in [-0.2, -0.15) is 4.98 Å². The standard InChI is InChI=1S/C12H9FN4OS2/c1-7-2-3-8(4-9(7)13)11-15-10(18-17-11)5-19-12-16-14-6-20-12/h2-4,6H,5H2,1H3. The van der Waals surface area contributed by atoms with Crippen LogP contribution in [0.15, 0.2) is 32.6 Å². The largest absolute Gasteiger partial charge is 0.338 e. The first kappa shape index (κ1) is 13.2. The molecule has 0 aliphatic rings. The number of thioether (sulfide) groups is 1. The first-order valence-electron chi connectivity index (χ1n) is 5.70. The summed E-state index contributed by atoms with van der Waals surface area (Å²) in [6.07, 6.45) is 0. The lowest BCUT2D eigenvalue weighted by molar-refractivity contribution is 0.391. The third kappa shape index (κ3) is 2.86. The predicted molar refractivity (Wildman–Crippen MR) is 73.9 cm³/mol. The second-order valence-corrected chi connectivity index (χ2v) is 6.02. The van der Waals surface area contributed by atoms with Gasteiger partial charge in [0, 0.05) is 5.56 Å². The number of halogens is 1. The van der Waals surface area contributed by atoms with E-state index in [0.717, 1.165) is 4.34 Å². The molecule has 2 heterocycles. The molecule has 0 amide bonds. The van der Waals surface area contributed by atoms with E-state index in [9.17, 15) is 4.39 Å². The summed E-state index contributed by atoms with van der Waals surface area (Å²) in [5.41, 5.74) is 2.85. The van der Waals surface area contributed by atoms with Crippen LogP contribution in [0.25, 0.3) is 11.4 Å². The summed E-state index contributed by atoms with van der Waals surface area (Å²) >= 11 is 2.92. The molecule has 5 nitrogen and oxygen atoms in total. The van der Waals surface area contributed by atoms with E-state index in [-0.39, 0.29) is 5.82 Å². The van der Waals surface area contributed by atoms with Gasteiger partial charge in [-0.05, 0) is 18.6 Å². The van der Waals surface area contributed by atoms with E-state index in [1.807, 2.05) is 0 Å². The molecule has 0 saturated carbocycles. The van der Waals surface area contributed by atoms with Crippen molar-refractivity contribution in [2.45, 2.75) is 17.0 Å². The summed E-state index contributed by atoms with van der Waals surface area (Å²) < 4.78 is 19.5. The summed E-state index contributed by atoms with van der Waals surface area (Å²) in [6.45, 7) is 1.71. The minimum Gasteiger partial charge on any atom is -0.338 e. The lowest BCUT2D eigenvalue weighted by Crippen LogP contribution is -1.86. The molecule has 0 aliphatic heterocycles. The van der Waals surface area contributed by atoms with Crippen molar-refractivity contribution >= 4 is 23.1 Å². The molecule has 20 heavy (non-hydrogen) atoms. The van der Waals surface area contributed by atoms with Crippen LogP contribution in [0.3, 0.4) is 0 Å². The Morgan fingerprint density at radius 3 is 3.05 bits per heavy atom. The van der Waals surface area contributed by atoms with Crippen LogP contribution in [0.5, 0.6) is 0 Å². The van der Waals surface area contributed by atoms with Crippen molar-refractivity contribution in [1.82, 2.24) is 20.3 Å². The lowest BCUT2D eigenvalue weighted by Gasteiger charge is -1.97. The molecule has 0 saturated heterocycles. The third-order valence-electron chi connectivity index (χ3n) is 2.56. The normalized spacial score (nSPS) is 10.9. The van der Waals surface area contributed by atoms with Crippen molar-refractivity contribution in [3.8, 4) is 11.4 Å². The summed E-state index contributed by atoms with van der Waals surface area (Å²) in [5, 5.41) is 11.5. The van der Waals surface area contributed by atoms with E-state index in [0.29, 0.717) is 28.6 Å². The molecule has 1 aromatic carbocycles. The molecule has 0 fully saturated rings. The molecule has 3 aromatic rings. The van der Waals surface area contributed by atoms with Crippen molar-refractivity contribution < 1.29 is 8.91 Å². The van der Waals surface area contributed by atoms with Crippen molar-refractivity contribution in [2.24, 2.45) is 0 Å². The van der Waals surface area contributed by atoms with E-state index in [1.54, 1.807) is 24.6 Å². The Morgan fingerprint density at radius 2 is 2.30 bits per heavy atom. The highest BCUT2D eigenvalue weighted by Gasteiger charge is 2.11. The number of aryl methyl sites for hydroxylation is 1. The van der Waals surface area contributed by atoms with Gasteiger partial charge in [0.2, 0.25) is 11.7 Å². The van der Waals surface area contributed by atoms with Gasteiger partial charge in [-0.15, -0.1) is 10.2 Å². The van der Waals surface area contributed by atoms with Crippen LogP contribution in [0.1, 0.15) is 11.5 Å². The van der Waals surface area contributed by atoms with E-state index < -0.39 is 0 Å². The van der Waals surface area contributed by atoms with Gasteiger partial charge in [0.1, 0.15) is 11.3 Å². The molecular formula is C12H9FN4OS2. The smallest absolute Gasteiger partial charge is 0.237 e. The van der Waals surface area contributed by atoms with Crippen molar-refractivity contribution in [3.05, 3.63) is 41.0 Å². The number of nitrogens with zero attached hydrogens (tertiary/aromatic N) is 4. The maximum absolute atomic E-state index is 13.5. The fourth-order valence-electron chi connectivity index (χ4n) is 1.51. The molecule has 2 aromatic heterocycles. The highest BCUT2D eigenvalue weighted by atomic mass is 32.2. The van der Waals surface area contributed by atoms with Gasteiger partial charge >= 0.3 is 0 Å². The monoisotopic (exact) mass is 308 g/mol. The zero-order valence-electron chi connectivity index (χ0n) is 10.4. The molecule has 0 N–H and O–H groups in total. The molecule has 8 heteroatoms. The molecule has 0 aliphatic carbocycles. The SMILES string of the molecule is Cc1ccc(-c2noc(CSc3nncs3)n2)cc1F. The number of hydrogen-bond donors (Lipinski definition) is 0. The lowest BCUT2D eigenvalue weighted by atomic mass is 10.1. The maximum atomic E-state index is 13.5. The van der Waals surface area contributed by atoms with Crippen LogP contribution < -0.4 is 0 Å². The van der Waals surface area contributed by atoms with Crippen molar-refractivity contribution in [3.63, 3.8) is 0 Å². The summed E-state index contributed by atoms with van der Waals surface area (Å²) in [5.74, 6) is 1.09. The van der Waals surface area contributed by atoms with Crippen LogP contribution in [0.4, 0.5) is 4.39 Å². The molecule has 0 bridgehead atoms. The minimum atomic E-state index is -0.280. The van der Waals surface area contributed by atoms with Gasteiger partial charge in [-0.1, -0.05) is 40.4 Å². The van der Waals surface area contributed by atoms with Crippen molar-refractivity contribution in [2.75, 3.05) is 0 Å². The Kier molecular flexibility index (Phi) is 3.75. The van der Waals surface area contributed by atoms with Crippen LogP contribution in [0.2, 0.25) is 0 Å². The highest BCUT2D eigenvalue weighted by Crippen LogP contribution is 2.24. The third-order valence-corrected chi connectivity index (χ3v) is 4.40. The Balaban J connectivity index is 1.74. The Morgan fingerprint density at radius 1 is 1.40 bits per heavy atom. The molecule has 0 unspecified atom stereocenters. The molecule has 102 valence electrons. The van der Waals surface area contributed by atoms with Crippen LogP contribution in [-0.2, 0) is 5.75 Å². The molecule has 0 radical (unpaired) electrons. The maximum Gasteiger partial charge on any atom is 0.237 e.